The maximum Gasteiger partial charge on any atom is 0.0623 e. The quantitative estimate of drug-likeness (QED) is 0.766. The van der Waals surface area contributed by atoms with Gasteiger partial charge < -0.3 is 10.1 Å². The molecule has 2 rings (SSSR count). The van der Waals surface area contributed by atoms with Crippen LogP contribution in [-0.2, 0) is 4.74 Å². The second-order valence-corrected chi connectivity index (χ2v) is 5.77. The van der Waals surface area contributed by atoms with Crippen LogP contribution in [0.15, 0.2) is 0 Å². The summed E-state index contributed by atoms with van der Waals surface area (Å²) in [6, 6.07) is 1.86. The van der Waals surface area contributed by atoms with Gasteiger partial charge in [-0.3, -0.25) is 9.80 Å². The van der Waals surface area contributed by atoms with Crippen molar-refractivity contribution in [2.24, 2.45) is 5.92 Å². The van der Waals surface area contributed by atoms with E-state index in [9.17, 15) is 0 Å². The van der Waals surface area contributed by atoms with E-state index in [0.29, 0.717) is 24.0 Å². The second-order valence-electron chi connectivity index (χ2n) is 5.77. The van der Waals surface area contributed by atoms with E-state index in [2.05, 4.69) is 36.0 Å². The van der Waals surface area contributed by atoms with Crippen LogP contribution < -0.4 is 5.32 Å². The summed E-state index contributed by atoms with van der Waals surface area (Å²) < 4.78 is 5.58. The third kappa shape index (κ3) is 2.99. The molecule has 4 atom stereocenters. The molecule has 0 bridgehead atoms. The molecule has 2 heterocycles. The van der Waals surface area contributed by atoms with Gasteiger partial charge in [-0.25, -0.2) is 0 Å². The Morgan fingerprint density at radius 1 is 1.18 bits per heavy atom. The Morgan fingerprint density at radius 3 is 2.41 bits per heavy atom. The molecule has 0 aromatic heterocycles. The zero-order valence-corrected chi connectivity index (χ0v) is 11.6. The van der Waals surface area contributed by atoms with Crippen molar-refractivity contribution >= 4 is 0 Å². The summed E-state index contributed by atoms with van der Waals surface area (Å²) in [6.45, 7) is 9.99. The first kappa shape index (κ1) is 13.3. The van der Waals surface area contributed by atoms with Crippen LogP contribution in [0.5, 0.6) is 0 Å². The lowest BCUT2D eigenvalue weighted by molar-refractivity contribution is 0.0475. The smallest absolute Gasteiger partial charge is 0.0623 e. The molecule has 2 fully saturated rings. The van der Waals surface area contributed by atoms with Gasteiger partial charge in [-0.05, 0) is 27.9 Å². The Kier molecular flexibility index (Phi) is 4.42. The Labute approximate surface area is 105 Å². The van der Waals surface area contributed by atoms with Crippen LogP contribution in [0, 0.1) is 5.92 Å². The predicted octanol–water partition coefficient (Wildman–Crippen LogP) is 0.245. The molecule has 100 valence electrons. The Hall–Kier alpha value is -0.160. The fourth-order valence-electron chi connectivity index (χ4n) is 3.09. The third-order valence-corrected chi connectivity index (χ3v) is 4.50. The molecular weight excluding hydrogens is 214 g/mol. The summed E-state index contributed by atoms with van der Waals surface area (Å²) >= 11 is 0. The molecule has 0 saturated carbocycles. The molecule has 2 aliphatic rings. The van der Waals surface area contributed by atoms with Crippen LogP contribution in [0.3, 0.4) is 0 Å². The SMILES string of the molecule is CNC1COCC1CN1CC(C)N(C)C(C)C1. The summed E-state index contributed by atoms with van der Waals surface area (Å²) in [4.78, 5) is 5.09. The Morgan fingerprint density at radius 2 is 1.82 bits per heavy atom. The van der Waals surface area contributed by atoms with Crippen molar-refractivity contribution in [2.45, 2.75) is 32.0 Å². The molecule has 4 unspecified atom stereocenters. The first-order chi connectivity index (χ1) is 8.11. The summed E-state index contributed by atoms with van der Waals surface area (Å²) in [5, 5.41) is 3.37. The van der Waals surface area contributed by atoms with Crippen molar-refractivity contribution in [1.29, 1.82) is 0 Å². The number of ether oxygens (including phenoxy) is 1. The summed E-state index contributed by atoms with van der Waals surface area (Å²) in [5.74, 6) is 0.655. The molecule has 0 spiro atoms. The average Bonchev–Trinajstić information content (AvgIpc) is 2.73. The molecule has 2 aliphatic heterocycles. The molecule has 0 radical (unpaired) electrons. The number of hydrogen-bond donors (Lipinski definition) is 1. The maximum atomic E-state index is 5.58. The van der Waals surface area contributed by atoms with E-state index >= 15 is 0 Å². The number of piperazine rings is 1. The fourth-order valence-corrected chi connectivity index (χ4v) is 3.09. The van der Waals surface area contributed by atoms with Crippen LogP contribution in [-0.4, -0.2) is 74.9 Å². The molecule has 0 aromatic carbocycles. The second kappa shape index (κ2) is 5.65. The van der Waals surface area contributed by atoms with Crippen LogP contribution in [0.2, 0.25) is 0 Å². The molecule has 4 nitrogen and oxygen atoms in total. The van der Waals surface area contributed by atoms with Crippen LogP contribution in [0.25, 0.3) is 0 Å². The molecule has 4 heteroatoms. The monoisotopic (exact) mass is 241 g/mol. The van der Waals surface area contributed by atoms with Crippen LogP contribution in [0.4, 0.5) is 0 Å². The first-order valence-electron chi connectivity index (χ1n) is 6.81. The Bertz CT molecular complexity index is 237. The first-order valence-corrected chi connectivity index (χ1v) is 6.81. The van der Waals surface area contributed by atoms with E-state index < -0.39 is 0 Å². The predicted molar refractivity (Wildman–Crippen MR) is 70.3 cm³/mol. The standard InChI is InChI=1S/C13H27N3O/c1-10-5-16(6-11(2)15(10)4)7-12-8-17-9-13(12)14-3/h10-14H,5-9H2,1-4H3. The largest absolute Gasteiger partial charge is 0.379 e. The number of nitrogens with zero attached hydrogens (tertiary/aromatic N) is 2. The molecule has 1 N–H and O–H groups in total. The lowest BCUT2D eigenvalue weighted by atomic mass is 10.0. The summed E-state index contributed by atoms with van der Waals surface area (Å²) in [7, 11) is 4.28. The zero-order valence-electron chi connectivity index (χ0n) is 11.6. The van der Waals surface area contributed by atoms with Gasteiger partial charge in [0, 0.05) is 43.7 Å². The molecule has 0 aliphatic carbocycles. The van der Waals surface area contributed by atoms with Crippen molar-refractivity contribution in [1.82, 2.24) is 15.1 Å². The minimum Gasteiger partial charge on any atom is -0.379 e. The molecule has 0 aromatic rings. The van der Waals surface area contributed by atoms with E-state index in [0.717, 1.165) is 13.2 Å². The highest BCUT2D eigenvalue weighted by atomic mass is 16.5. The van der Waals surface area contributed by atoms with Gasteiger partial charge in [0.1, 0.15) is 0 Å². The van der Waals surface area contributed by atoms with Crippen molar-refractivity contribution < 1.29 is 4.74 Å². The summed E-state index contributed by atoms with van der Waals surface area (Å²) in [6.07, 6.45) is 0. The normalized spacial score (nSPS) is 40.9. The highest BCUT2D eigenvalue weighted by Gasteiger charge is 2.32. The van der Waals surface area contributed by atoms with Crippen molar-refractivity contribution in [2.75, 3.05) is 46.9 Å². The van der Waals surface area contributed by atoms with Gasteiger partial charge in [0.25, 0.3) is 0 Å². The van der Waals surface area contributed by atoms with E-state index in [1.54, 1.807) is 0 Å². The average molecular weight is 241 g/mol. The summed E-state index contributed by atoms with van der Waals surface area (Å²) in [5.41, 5.74) is 0. The minimum absolute atomic E-state index is 0.542. The van der Waals surface area contributed by atoms with Crippen molar-refractivity contribution in [3.63, 3.8) is 0 Å². The minimum atomic E-state index is 0.542. The van der Waals surface area contributed by atoms with Crippen molar-refractivity contribution in [3.8, 4) is 0 Å². The van der Waals surface area contributed by atoms with Gasteiger partial charge in [0.05, 0.1) is 13.2 Å². The molecule has 2 saturated heterocycles. The molecular formula is C13H27N3O. The topological polar surface area (TPSA) is 27.7 Å². The Balaban J connectivity index is 1.87. The lowest BCUT2D eigenvalue weighted by Gasteiger charge is -2.43. The van der Waals surface area contributed by atoms with Gasteiger partial charge in [-0.2, -0.15) is 0 Å². The number of rotatable bonds is 3. The molecule has 17 heavy (non-hydrogen) atoms. The van der Waals surface area contributed by atoms with Gasteiger partial charge in [-0.15, -0.1) is 0 Å². The third-order valence-electron chi connectivity index (χ3n) is 4.50. The van der Waals surface area contributed by atoms with E-state index in [-0.39, 0.29) is 0 Å². The van der Waals surface area contributed by atoms with E-state index in [4.69, 9.17) is 4.74 Å². The van der Waals surface area contributed by atoms with E-state index in [1.807, 2.05) is 7.05 Å². The highest BCUT2D eigenvalue weighted by molar-refractivity contribution is 4.87. The van der Waals surface area contributed by atoms with Crippen molar-refractivity contribution in [3.05, 3.63) is 0 Å². The molecule has 0 amide bonds. The maximum absolute atomic E-state index is 5.58. The highest BCUT2D eigenvalue weighted by Crippen LogP contribution is 2.19. The van der Waals surface area contributed by atoms with Gasteiger partial charge in [0.15, 0.2) is 0 Å². The fraction of sp³-hybridized carbons (Fsp3) is 1.00. The van der Waals surface area contributed by atoms with Gasteiger partial charge in [-0.1, -0.05) is 0 Å². The van der Waals surface area contributed by atoms with E-state index in [1.165, 1.54) is 19.6 Å². The van der Waals surface area contributed by atoms with Gasteiger partial charge in [0.2, 0.25) is 0 Å². The zero-order chi connectivity index (χ0) is 12.4. The number of likely N-dealkylation sites (N-methyl/N-ethyl adjacent to an activating group) is 2. The van der Waals surface area contributed by atoms with Crippen LogP contribution >= 0.6 is 0 Å². The number of hydrogen-bond acceptors (Lipinski definition) is 4. The van der Waals surface area contributed by atoms with Crippen LogP contribution in [0.1, 0.15) is 13.8 Å². The number of nitrogens with one attached hydrogen (secondary N) is 1. The van der Waals surface area contributed by atoms with Gasteiger partial charge >= 0.3 is 0 Å². The lowest BCUT2D eigenvalue weighted by Crippen LogP contribution is -2.56.